The van der Waals surface area contributed by atoms with Crippen LogP contribution in [0.4, 0.5) is 13.6 Å². The Kier molecular flexibility index (Phi) is 6.54. The highest BCUT2D eigenvalue weighted by Crippen LogP contribution is 2.44. The maximum Gasteiger partial charge on any atom is 0.407 e. The molecule has 0 spiro atoms. The van der Waals surface area contributed by atoms with Gasteiger partial charge in [0.2, 0.25) is 0 Å². The van der Waals surface area contributed by atoms with Gasteiger partial charge in [0.25, 0.3) is 5.91 Å². The number of carbonyl (C=O) groups is 3. The van der Waals surface area contributed by atoms with E-state index in [2.05, 4.69) is 0 Å². The van der Waals surface area contributed by atoms with E-state index in [0.717, 1.165) is 22.3 Å². The molecule has 3 N–H and O–H groups in total. The second-order valence-corrected chi connectivity index (χ2v) is 8.86. The highest BCUT2D eigenvalue weighted by molar-refractivity contribution is 5.85. The molecular formula is C25H26F2N2O5. The highest BCUT2D eigenvalue weighted by Gasteiger charge is 2.45. The number of ether oxygens (including phenoxy) is 1. The van der Waals surface area contributed by atoms with Crippen molar-refractivity contribution in [1.29, 1.82) is 0 Å². The smallest absolute Gasteiger partial charge is 0.407 e. The predicted molar refractivity (Wildman–Crippen MR) is 120 cm³/mol. The lowest BCUT2D eigenvalue weighted by atomic mass is 9.86. The molecule has 1 saturated carbocycles. The van der Waals surface area contributed by atoms with E-state index >= 15 is 0 Å². The summed E-state index contributed by atoms with van der Waals surface area (Å²) < 4.78 is 33.8. The Bertz CT molecular complexity index is 1050. The van der Waals surface area contributed by atoms with Crippen molar-refractivity contribution >= 4 is 18.0 Å². The fourth-order valence-corrected chi connectivity index (χ4v) is 4.81. The molecule has 0 atom stereocenters. The average Bonchev–Trinajstić information content (AvgIpc) is 3.44. The highest BCUT2D eigenvalue weighted by atomic mass is 19.3. The number of carboxylic acid groups (broad SMARTS) is 1. The molecule has 7 nitrogen and oxygen atoms in total. The number of alkyl carbamates (subject to hydrolysis) is 1. The van der Waals surface area contributed by atoms with Gasteiger partial charge in [0.05, 0.1) is 12.0 Å². The molecule has 0 radical (unpaired) electrons. The third-order valence-electron chi connectivity index (χ3n) is 6.73. The number of carboxylic acids is 1. The van der Waals surface area contributed by atoms with Crippen molar-refractivity contribution in [2.75, 3.05) is 19.7 Å². The molecule has 0 aromatic heterocycles. The lowest BCUT2D eigenvalue weighted by Gasteiger charge is -2.25. The molecule has 1 fully saturated rings. The third kappa shape index (κ3) is 4.60. The second kappa shape index (κ2) is 9.40. The zero-order chi connectivity index (χ0) is 24.3. The number of halogens is 2. The summed E-state index contributed by atoms with van der Waals surface area (Å²) in [5, 5.41) is 13.4. The number of aliphatic carboxylic acids is 1. The molecule has 0 saturated heterocycles. The first-order chi connectivity index (χ1) is 16.2. The topological polar surface area (TPSA) is 105 Å². The van der Waals surface area contributed by atoms with Gasteiger partial charge in [-0.1, -0.05) is 61.4 Å². The third-order valence-corrected chi connectivity index (χ3v) is 6.73. The van der Waals surface area contributed by atoms with Crippen molar-refractivity contribution in [2.24, 2.45) is 5.41 Å². The molecule has 180 valence electrons. The van der Waals surface area contributed by atoms with Crippen LogP contribution in [-0.2, 0) is 14.3 Å². The van der Waals surface area contributed by atoms with Gasteiger partial charge < -0.3 is 20.5 Å². The van der Waals surface area contributed by atoms with Crippen molar-refractivity contribution in [3.05, 3.63) is 59.7 Å². The lowest BCUT2D eigenvalue weighted by molar-refractivity contribution is -0.151. The number of alkyl halides is 2. The van der Waals surface area contributed by atoms with Crippen LogP contribution in [0.1, 0.15) is 42.7 Å². The molecule has 2 aromatic carbocycles. The fourth-order valence-electron chi connectivity index (χ4n) is 4.81. The van der Waals surface area contributed by atoms with Gasteiger partial charge >= 0.3 is 18.0 Å². The van der Waals surface area contributed by atoms with Crippen LogP contribution in [-0.4, -0.2) is 48.7 Å². The number of benzene rings is 2. The Hall–Kier alpha value is -3.49. The van der Waals surface area contributed by atoms with Crippen LogP contribution in [0, 0.1) is 5.41 Å². The maximum absolute atomic E-state index is 14.3. The molecular weight excluding hydrogens is 446 g/mol. The number of nitrogens with one attached hydrogen (secondary N) is 2. The Morgan fingerprint density at radius 1 is 0.971 bits per heavy atom. The van der Waals surface area contributed by atoms with Crippen LogP contribution in [0.25, 0.3) is 11.1 Å². The normalized spacial score (nSPS) is 16.4. The van der Waals surface area contributed by atoms with E-state index in [4.69, 9.17) is 4.74 Å². The monoisotopic (exact) mass is 472 g/mol. The predicted octanol–water partition coefficient (Wildman–Crippen LogP) is 3.92. The number of fused-ring (bicyclic) bond motifs is 3. The lowest BCUT2D eigenvalue weighted by Crippen LogP contribution is -2.51. The molecule has 2 aliphatic carbocycles. The summed E-state index contributed by atoms with van der Waals surface area (Å²) in [6.45, 7) is -1.67. The summed E-state index contributed by atoms with van der Waals surface area (Å²) in [5.74, 6) is -6.87. The zero-order valence-electron chi connectivity index (χ0n) is 18.5. The van der Waals surface area contributed by atoms with Crippen LogP contribution < -0.4 is 10.6 Å². The molecule has 0 heterocycles. The summed E-state index contributed by atoms with van der Waals surface area (Å²) >= 11 is 0. The molecule has 2 amide bonds. The van der Waals surface area contributed by atoms with E-state index in [-0.39, 0.29) is 19.1 Å². The Labute approximate surface area is 195 Å². The summed E-state index contributed by atoms with van der Waals surface area (Å²) in [5.41, 5.74) is 2.83. The van der Waals surface area contributed by atoms with E-state index in [1.807, 2.05) is 59.2 Å². The van der Waals surface area contributed by atoms with Crippen LogP contribution >= 0.6 is 0 Å². The van der Waals surface area contributed by atoms with Gasteiger partial charge in [-0.2, -0.15) is 8.78 Å². The van der Waals surface area contributed by atoms with Gasteiger partial charge in [-0.3, -0.25) is 9.59 Å². The Morgan fingerprint density at radius 3 is 2.09 bits per heavy atom. The molecule has 0 bridgehead atoms. The quantitative estimate of drug-likeness (QED) is 0.540. The van der Waals surface area contributed by atoms with E-state index in [9.17, 15) is 28.3 Å². The number of hydrogen-bond donors (Lipinski definition) is 3. The molecule has 0 aliphatic heterocycles. The maximum atomic E-state index is 14.3. The van der Waals surface area contributed by atoms with Gasteiger partial charge in [0.1, 0.15) is 6.61 Å². The molecule has 0 unspecified atom stereocenters. The van der Waals surface area contributed by atoms with E-state index in [1.54, 1.807) is 0 Å². The van der Waals surface area contributed by atoms with Crippen LogP contribution in [0.3, 0.4) is 0 Å². The molecule has 9 heteroatoms. The summed E-state index contributed by atoms with van der Waals surface area (Å²) in [6, 6.07) is 15.4. The average molecular weight is 472 g/mol. The van der Waals surface area contributed by atoms with Crippen LogP contribution in [0.5, 0.6) is 0 Å². The largest absolute Gasteiger partial charge is 0.481 e. The molecule has 2 aliphatic rings. The van der Waals surface area contributed by atoms with Gasteiger partial charge in [0, 0.05) is 12.5 Å². The van der Waals surface area contributed by atoms with Crippen molar-refractivity contribution in [3.8, 4) is 11.1 Å². The zero-order valence-corrected chi connectivity index (χ0v) is 18.5. The number of rotatable bonds is 8. The minimum Gasteiger partial charge on any atom is -0.481 e. The Balaban J connectivity index is 1.30. The molecule has 4 rings (SSSR count). The molecule has 34 heavy (non-hydrogen) atoms. The van der Waals surface area contributed by atoms with E-state index in [0.29, 0.717) is 25.7 Å². The van der Waals surface area contributed by atoms with Gasteiger partial charge in [-0.05, 0) is 35.1 Å². The SMILES string of the molecule is O=C(NCC(F)(F)C(=O)NCC1(C(=O)O)CCCC1)OCC1c2ccccc2-c2ccccc21. The van der Waals surface area contributed by atoms with Crippen LogP contribution in [0.15, 0.2) is 48.5 Å². The first kappa shape index (κ1) is 23.7. The number of hydrogen-bond acceptors (Lipinski definition) is 4. The Morgan fingerprint density at radius 2 is 1.53 bits per heavy atom. The van der Waals surface area contributed by atoms with Gasteiger partial charge in [0.15, 0.2) is 0 Å². The fraction of sp³-hybridized carbons (Fsp3) is 0.400. The van der Waals surface area contributed by atoms with Gasteiger partial charge in [-0.15, -0.1) is 0 Å². The number of amides is 2. The second-order valence-electron chi connectivity index (χ2n) is 8.86. The first-order valence-corrected chi connectivity index (χ1v) is 11.2. The number of carbonyl (C=O) groups excluding carboxylic acids is 2. The van der Waals surface area contributed by atoms with Crippen molar-refractivity contribution in [1.82, 2.24) is 10.6 Å². The van der Waals surface area contributed by atoms with E-state index in [1.165, 1.54) is 0 Å². The van der Waals surface area contributed by atoms with Crippen molar-refractivity contribution in [2.45, 2.75) is 37.5 Å². The summed E-state index contributed by atoms with van der Waals surface area (Å²) in [4.78, 5) is 35.6. The minimum atomic E-state index is -3.91. The standard InChI is InChI=1S/C25H26F2N2O5/c26-25(27,21(30)28-14-24(22(31)32)11-5-6-12-24)15-29-23(33)34-13-20-18-9-3-1-7-16(18)17-8-2-4-10-19(17)20/h1-4,7-10,20H,5-6,11-15H2,(H,28,30)(H,29,33)(H,31,32). The summed E-state index contributed by atoms with van der Waals surface area (Å²) in [6.07, 6.45) is 0.925. The minimum absolute atomic E-state index is 0.0429. The molecule has 2 aromatic rings. The van der Waals surface area contributed by atoms with Crippen LogP contribution in [0.2, 0.25) is 0 Å². The summed E-state index contributed by atoms with van der Waals surface area (Å²) in [7, 11) is 0. The van der Waals surface area contributed by atoms with Crippen molar-refractivity contribution in [3.63, 3.8) is 0 Å². The van der Waals surface area contributed by atoms with Crippen molar-refractivity contribution < 1.29 is 33.0 Å². The first-order valence-electron chi connectivity index (χ1n) is 11.2. The van der Waals surface area contributed by atoms with E-state index < -0.39 is 35.9 Å². The van der Waals surface area contributed by atoms with Gasteiger partial charge in [-0.25, -0.2) is 4.79 Å².